The van der Waals surface area contributed by atoms with Crippen molar-refractivity contribution in [2.45, 2.75) is 111 Å². The van der Waals surface area contributed by atoms with Crippen LogP contribution in [0.5, 0.6) is 0 Å². The molecule has 204 valence electrons. The minimum atomic E-state index is -3.11. The molecule has 11 heteroatoms. The molecule has 0 spiro atoms. The Kier molecular flexibility index (Phi) is 12.9. The average molecular weight is 555 g/mol. The highest BCUT2D eigenvalue weighted by Gasteiger charge is 2.69. The molecule has 0 aromatic rings. The summed E-state index contributed by atoms with van der Waals surface area (Å²) < 4.78 is 46.2. The zero-order chi connectivity index (χ0) is 26.3. The molecule has 1 rings (SSSR count). The fraction of sp³-hybridized carbons (Fsp3) is 1.00. The van der Waals surface area contributed by atoms with Gasteiger partial charge in [-0.25, -0.2) is 0 Å². The lowest BCUT2D eigenvalue weighted by molar-refractivity contribution is -0.0337. The van der Waals surface area contributed by atoms with Crippen molar-refractivity contribution in [3.05, 3.63) is 0 Å². The Morgan fingerprint density at radius 1 is 0.647 bits per heavy atom. The predicted octanol–water partition coefficient (Wildman–Crippen LogP) is 6.01. The van der Waals surface area contributed by atoms with E-state index in [9.17, 15) is 0 Å². The van der Waals surface area contributed by atoms with Gasteiger partial charge in [-0.1, -0.05) is 33.0 Å². The molecule has 0 amide bonds. The maximum Gasteiger partial charge on any atom is 0.506 e. The molecule has 1 heterocycles. The van der Waals surface area contributed by atoms with Crippen LogP contribution in [-0.4, -0.2) is 78.3 Å². The molecular weight excluding hydrogens is 501 g/mol. The highest BCUT2D eigenvalue weighted by Crippen LogP contribution is 2.56. The Balaban J connectivity index is 3.82. The topological polar surface area (TPSA) is 64.6 Å². The van der Waals surface area contributed by atoms with Gasteiger partial charge in [0.1, 0.15) is 0 Å². The van der Waals surface area contributed by atoms with E-state index in [1.54, 1.807) is 0 Å². The second kappa shape index (κ2) is 13.4. The minimum Gasteiger partial charge on any atom is -0.414 e. The summed E-state index contributed by atoms with van der Waals surface area (Å²) in [5, 5.41) is 0. The molecule has 1 aliphatic heterocycles. The third-order valence-corrected chi connectivity index (χ3v) is 31.5. The van der Waals surface area contributed by atoms with E-state index in [0.29, 0.717) is 39.6 Å². The SMILES string of the molecule is CCO[Si](OCC)(OCC)C(C)C1(C(C)[Si](OCC)(OCC)OCC)CC[Si](C)(C)[Si](C)(C)O1. The van der Waals surface area contributed by atoms with E-state index in [1.807, 2.05) is 41.5 Å². The van der Waals surface area contributed by atoms with Gasteiger partial charge in [0.05, 0.1) is 24.3 Å². The maximum absolute atomic E-state index is 7.48. The van der Waals surface area contributed by atoms with Gasteiger partial charge in [0.15, 0.2) is 7.83 Å². The second-order valence-corrected chi connectivity index (χ2v) is 31.2. The molecule has 0 aromatic carbocycles. The Bertz CT molecular complexity index is 540. The first-order valence-electron chi connectivity index (χ1n) is 13.4. The zero-order valence-corrected chi connectivity index (χ0v) is 28.2. The normalized spacial score (nSPS) is 24.7. The average Bonchev–Trinajstić information content (AvgIpc) is 2.75. The Morgan fingerprint density at radius 2 is 0.941 bits per heavy atom. The summed E-state index contributed by atoms with van der Waals surface area (Å²) in [4.78, 5) is 0. The van der Waals surface area contributed by atoms with Crippen LogP contribution in [-0.2, 0) is 31.0 Å². The van der Waals surface area contributed by atoms with E-state index in [2.05, 4.69) is 40.0 Å². The summed E-state index contributed by atoms with van der Waals surface area (Å²) in [5.41, 5.74) is -0.768. The molecule has 0 radical (unpaired) electrons. The first-order chi connectivity index (χ1) is 15.8. The molecule has 1 fully saturated rings. The van der Waals surface area contributed by atoms with Crippen LogP contribution < -0.4 is 0 Å². The molecule has 2 atom stereocenters. The lowest BCUT2D eigenvalue weighted by Crippen LogP contribution is -2.72. The third-order valence-electron chi connectivity index (χ3n) is 7.82. The zero-order valence-electron chi connectivity index (χ0n) is 24.2. The standard InChI is InChI=1S/C23H54O7Si4/c1-13-24-33(25-14-2,26-15-3)21(7)23(19-20-31(9,10)32(11,12)30-23)22(8)34(27-16-4,28-17-5)29-18-6/h21-22H,13-20H2,1-12H3. The summed E-state index contributed by atoms with van der Waals surface area (Å²) in [6.07, 6.45) is 0.912. The van der Waals surface area contributed by atoms with Crippen molar-refractivity contribution in [1.82, 2.24) is 0 Å². The fourth-order valence-corrected chi connectivity index (χ4v) is 19.1. The molecule has 0 aliphatic carbocycles. The van der Waals surface area contributed by atoms with Crippen molar-refractivity contribution in [3.63, 3.8) is 0 Å². The van der Waals surface area contributed by atoms with Crippen molar-refractivity contribution in [3.8, 4) is 0 Å². The van der Waals surface area contributed by atoms with E-state index >= 15 is 0 Å². The maximum atomic E-state index is 7.48. The van der Waals surface area contributed by atoms with Crippen LogP contribution in [0.1, 0.15) is 61.8 Å². The molecule has 1 saturated heterocycles. The smallest absolute Gasteiger partial charge is 0.414 e. The molecule has 1 aliphatic rings. The van der Waals surface area contributed by atoms with Crippen molar-refractivity contribution in [2.75, 3.05) is 39.6 Å². The van der Waals surface area contributed by atoms with E-state index < -0.39 is 38.6 Å². The number of hydrogen-bond donors (Lipinski definition) is 0. The van der Waals surface area contributed by atoms with Gasteiger partial charge in [-0.2, -0.15) is 0 Å². The Morgan fingerprint density at radius 3 is 1.18 bits per heavy atom. The van der Waals surface area contributed by atoms with Gasteiger partial charge in [-0.3, -0.25) is 0 Å². The van der Waals surface area contributed by atoms with E-state index in [-0.39, 0.29) is 11.1 Å². The van der Waals surface area contributed by atoms with Crippen molar-refractivity contribution in [1.29, 1.82) is 0 Å². The summed E-state index contributed by atoms with van der Waals surface area (Å²) >= 11 is 0. The quantitative estimate of drug-likeness (QED) is 0.216. The van der Waals surface area contributed by atoms with Gasteiger partial charge in [-0.05, 0) is 61.1 Å². The molecule has 0 N–H and O–H groups in total. The fourth-order valence-electron chi connectivity index (χ4n) is 5.26. The third kappa shape index (κ3) is 6.53. The molecule has 2 unspecified atom stereocenters. The van der Waals surface area contributed by atoms with Crippen LogP contribution >= 0.6 is 0 Å². The van der Waals surface area contributed by atoms with Gasteiger partial charge in [0.2, 0.25) is 0 Å². The van der Waals surface area contributed by atoms with Crippen LogP contribution in [0.15, 0.2) is 0 Å². The number of hydrogen-bond acceptors (Lipinski definition) is 7. The predicted molar refractivity (Wildman–Crippen MR) is 148 cm³/mol. The molecule has 0 saturated carbocycles. The molecule has 0 aromatic heterocycles. The van der Waals surface area contributed by atoms with Crippen molar-refractivity contribution in [2.24, 2.45) is 0 Å². The van der Waals surface area contributed by atoms with Gasteiger partial charge < -0.3 is 31.0 Å². The largest absolute Gasteiger partial charge is 0.506 e. The molecule has 34 heavy (non-hydrogen) atoms. The summed E-state index contributed by atoms with van der Waals surface area (Å²) in [7, 11) is -9.77. The number of rotatable bonds is 16. The highest BCUT2D eigenvalue weighted by molar-refractivity contribution is 7.38. The van der Waals surface area contributed by atoms with Crippen molar-refractivity contribution < 1.29 is 31.0 Å². The lowest BCUT2D eigenvalue weighted by atomic mass is 9.93. The highest BCUT2D eigenvalue weighted by atomic mass is 29.3. The summed E-state index contributed by atoms with van der Waals surface area (Å²) in [5.74, 6) is 0. The van der Waals surface area contributed by atoms with Gasteiger partial charge in [0, 0.05) is 39.6 Å². The minimum absolute atomic E-state index is 0.0973. The monoisotopic (exact) mass is 554 g/mol. The van der Waals surface area contributed by atoms with E-state index in [1.165, 1.54) is 6.04 Å². The molecule has 7 nitrogen and oxygen atoms in total. The van der Waals surface area contributed by atoms with Gasteiger partial charge in [-0.15, -0.1) is 0 Å². The Labute approximate surface area is 214 Å². The first kappa shape index (κ1) is 32.6. The van der Waals surface area contributed by atoms with E-state index in [0.717, 1.165) is 6.42 Å². The van der Waals surface area contributed by atoms with Gasteiger partial charge >= 0.3 is 17.6 Å². The second-order valence-electron chi connectivity index (χ2n) is 10.2. The van der Waals surface area contributed by atoms with Gasteiger partial charge in [0.25, 0.3) is 0 Å². The first-order valence-corrected chi connectivity index (χ1v) is 24.1. The molecular formula is C23H54O7Si4. The van der Waals surface area contributed by atoms with Crippen LogP contribution in [0, 0.1) is 0 Å². The summed E-state index contributed by atoms with van der Waals surface area (Å²) in [6, 6.07) is 1.19. The summed E-state index contributed by atoms with van der Waals surface area (Å²) in [6.45, 7) is 29.5. The van der Waals surface area contributed by atoms with Crippen LogP contribution in [0.2, 0.25) is 43.3 Å². The Hall–Kier alpha value is 0.588. The molecule has 0 bridgehead atoms. The van der Waals surface area contributed by atoms with Crippen LogP contribution in [0.4, 0.5) is 0 Å². The lowest BCUT2D eigenvalue weighted by Gasteiger charge is -2.59. The van der Waals surface area contributed by atoms with Crippen molar-refractivity contribution >= 4 is 33.0 Å². The van der Waals surface area contributed by atoms with Crippen LogP contribution in [0.25, 0.3) is 0 Å². The van der Waals surface area contributed by atoms with Crippen LogP contribution in [0.3, 0.4) is 0 Å². The van der Waals surface area contributed by atoms with E-state index in [4.69, 9.17) is 31.0 Å².